The van der Waals surface area contributed by atoms with E-state index in [1.807, 2.05) is 60.7 Å². The molecule has 0 saturated carbocycles. The maximum absolute atomic E-state index is 11.0. The summed E-state index contributed by atoms with van der Waals surface area (Å²) < 4.78 is 4.83. The second-order valence-electron chi connectivity index (χ2n) is 9.96. The minimum atomic E-state index is -0.893. The number of carboxylic acids is 1. The molecule has 1 N–H and O–H groups in total. The third-order valence-corrected chi connectivity index (χ3v) is 7.08. The average Bonchev–Trinajstić information content (AvgIpc) is 3.04. The SMILES string of the molecule is CCc1ccc(CC/C(=C/C(=O)O)c2ccccc2)cc1.CCc1ccc(CC/C(=C\OC=O)c2ccccc2)cc1. The highest BCUT2D eigenvalue weighted by Crippen LogP contribution is 2.22. The molecule has 0 radical (unpaired) electrons. The van der Waals surface area contributed by atoms with E-state index in [9.17, 15) is 9.59 Å². The lowest BCUT2D eigenvalue weighted by atomic mass is 9.97. The maximum atomic E-state index is 11.0. The molecule has 0 bridgehead atoms. The van der Waals surface area contributed by atoms with E-state index in [0.717, 1.165) is 60.8 Å². The first-order valence-corrected chi connectivity index (χ1v) is 14.5. The topological polar surface area (TPSA) is 63.6 Å². The fourth-order valence-corrected chi connectivity index (χ4v) is 4.58. The lowest BCUT2D eigenvalue weighted by molar-refractivity contribution is -0.131. The second kappa shape index (κ2) is 17.9. The summed E-state index contributed by atoms with van der Waals surface area (Å²) in [7, 11) is 0. The Balaban J connectivity index is 0.000000230. The van der Waals surface area contributed by atoms with Crippen LogP contribution in [0, 0.1) is 0 Å². The van der Waals surface area contributed by atoms with Crippen molar-refractivity contribution in [2.75, 3.05) is 0 Å². The third kappa shape index (κ3) is 11.1. The number of carboxylic acid groups (broad SMARTS) is 1. The molecule has 0 aliphatic rings. The molecule has 0 aliphatic heterocycles. The Morgan fingerprint density at radius 1 is 0.619 bits per heavy atom. The molecule has 4 heteroatoms. The number of hydrogen-bond acceptors (Lipinski definition) is 3. The summed E-state index contributed by atoms with van der Waals surface area (Å²) in [5.41, 5.74) is 9.16. The summed E-state index contributed by atoms with van der Waals surface area (Å²) in [4.78, 5) is 21.4. The number of allylic oxidation sites excluding steroid dienone is 2. The highest BCUT2D eigenvalue weighted by atomic mass is 16.5. The molecule has 4 nitrogen and oxygen atoms in total. The zero-order valence-corrected chi connectivity index (χ0v) is 24.5. The Morgan fingerprint density at radius 3 is 1.43 bits per heavy atom. The van der Waals surface area contributed by atoms with Gasteiger partial charge >= 0.3 is 5.97 Å². The predicted molar refractivity (Wildman–Crippen MR) is 172 cm³/mol. The van der Waals surface area contributed by atoms with E-state index >= 15 is 0 Å². The molecule has 0 saturated heterocycles. The van der Waals surface area contributed by atoms with E-state index in [1.165, 1.54) is 28.3 Å². The minimum absolute atomic E-state index is 0.457. The number of benzene rings is 4. The van der Waals surface area contributed by atoms with Gasteiger partial charge in [-0.15, -0.1) is 0 Å². The molecule has 0 atom stereocenters. The van der Waals surface area contributed by atoms with Crippen LogP contribution >= 0.6 is 0 Å². The molecule has 4 aromatic carbocycles. The van der Waals surface area contributed by atoms with E-state index in [1.54, 1.807) is 6.26 Å². The van der Waals surface area contributed by atoms with Gasteiger partial charge in [-0.3, -0.25) is 4.79 Å². The Labute approximate surface area is 250 Å². The van der Waals surface area contributed by atoms with Crippen LogP contribution in [-0.2, 0) is 40.0 Å². The van der Waals surface area contributed by atoms with Crippen LogP contribution < -0.4 is 0 Å². The van der Waals surface area contributed by atoms with Crippen molar-refractivity contribution in [3.8, 4) is 0 Å². The molecule has 42 heavy (non-hydrogen) atoms. The van der Waals surface area contributed by atoms with Crippen molar-refractivity contribution in [3.63, 3.8) is 0 Å². The predicted octanol–water partition coefficient (Wildman–Crippen LogP) is 8.75. The first-order valence-electron chi connectivity index (χ1n) is 14.5. The molecule has 4 aromatic rings. The average molecular weight is 561 g/mol. The quantitative estimate of drug-likeness (QED) is 0.101. The largest absolute Gasteiger partial charge is 0.478 e. The van der Waals surface area contributed by atoms with E-state index in [-0.39, 0.29) is 0 Å². The molecule has 0 amide bonds. The molecular weight excluding hydrogens is 520 g/mol. The number of aliphatic carboxylic acids is 1. The summed E-state index contributed by atoms with van der Waals surface area (Å²) >= 11 is 0. The fourth-order valence-electron chi connectivity index (χ4n) is 4.58. The van der Waals surface area contributed by atoms with Crippen LogP contribution in [0.1, 0.15) is 60.1 Å². The monoisotopic (exact) mass is 560 g/mol. The van der Waals surface area contributed by atoms with Crippen molar-refractivity contribution in [3.05, 3.63) is 155 Å². The van der Waals surface area contributed by atoms with E-state index in [4.69, 9.17) is 9.84 Å². The zero-order chi connectivity index (χ0) is 30.0. The van der Waals surface area contributed by atoms with Crippen molar-refractivity contribution in [1.82, 2.24) is 0 Å². The third-order valence-electron chi connectivity index (χ3n) is 7.08. The molecule has 0 heterocycles. The van der Waals surface area contributed by atoms with Crippen LogP contribution in [-0.4, -0.2) is 17.5 Å². The van der Waals surface area contributed by atoms with Gasteiger partial charge in [0.2, 0.25) is 0 Å². The summed E-state index contributed by atoms with van der Waals surface area (Å²) in [5.74, 6) is -0.893. The van der Waals surface area contributed by atoms with Gasteiger partial charge in [0.15, 0.2) is 0 Å². The Hall–Kier alpha value is -4.70. The van der Waals surface area contributed by atoms with Crippen LogP contribution in [0.15, 0.2) is 122 Å². The van der Waals surface area contributed by atoms with Gasteiger partial charge in [0.25, 0.3) is 6.47 Å². The summed E-state index contributed by atoms with van der Waals surface area (Å²) in [5, 5.41) is 9.03. The smallest absolute Gasteiger partial charge is 0.328 e. The minimum Gasteiger partial charge on any atom is -0.478 e. The van der Waals surface area contributed by atoms with Crippen molar-refractivity contribution < 1.29 is 19.4 Å². The van der Waals surface area contributed by atoms with Gasteiger partial charge in [-0.2, -0.15) is 0 Å². The lowest BCUT2D eigenvalue weighted by Gasteiger charge is -2.08. The summed E-state index contributed by atoms with van der Waals surface area (Å²) in [6, 6.07) is 36.9. The molecule has 0 fully saturated rings. The molecule has 0 spiro atoms. The molecule has 4 rings (SSSR count). The standard InChI is InChI=1S/2C19H20O2/c1-2-16-8-10-17(11-9-16)12-13-19(14-21-15-20)18-6-4-3-5-7-18;1-2-15-8-10-16(11-9-15)12-13-18(14-19(20)21)17-6-4-3-5-7-17/h3-11,14-15H,2,12-13H2,1H3;3-11,14H,2,12-13H2,1H3,(H,20,21)/b19-14+;18-14-. The van der Waals surface area contributed by atoms with E-state index in [2.05, 4.69) is 62.4 Å². The molecule has 0 unspecified atom stereocenters. The van der Waals surface area contributed by atoms with Gasteiger partial charge in [-0.25, -0.2) is 4.79 Å². The van der Waals surface area contributed by atoms with Gasteiger partial charge < -0.3 is 9.84 Å². The zero-order valence-electron chi connectivity index (χ0n) is 24.5. The number of carbonyl (C=O) groups excluding carboxylic acids is 1. The Morgan fingerprint density at radius 2 is 1.02 bits per heavy atom. The van der Waals surface area contributed by atoms with Crippen molar-refractivity contribution >= 4 is 23.6 Å². The van der Waals surface area contributed by atoms with Gasteiger partial charge in [0, 0.05) is 6.08 Å². The number of rotatable bonds is 13. The van der Waals surface area contributed by atoms with Crippen LogP contribution in [0.25, 0.3) is 11.1 Å². The number of carbonyl (C=O) groups is 2. The van der Waals surface area contributed by atoms with Crippen molar-refractivity contribution in [2.24, 2.45) is 0 Å². The number of hydrogen-bond donors (Lipinski definition) is 1. The summed E-state index contributed by atoms with van der Waals surface area (Å²) in [6.07, 6.45) is 8.28. The number of aryl methyl sites for hydroxylation is 4. The summed E-state index contributed by atoms with van der Waals surface area (Å²) in [6.45, 7) is 4.75. The first-order chi connectivity index (χ1) is 20.5. The van der Waals surface area contributed by atoms with Crippen molar-refractivity contribution in [2.45, 2.75) is 52.4 Å². The Bertz CT molecular complexity index is 1420. The second-order valence-corrected chi connectivity index (χ2v) is 9.96. The number of ether oxygens (including phenoxy) is 1. The van der Waals surface area contributed by atoms with Crippen molar-refractivity contribution in [1.29, 1.82) is 0 Å². The van der Waals surface area contributed by atoms with Gasteiger partial charge in [0.1, 0.15) is 0 Å². The van der Waals surface area contributed by atoms with Crippen LogP contribution in [0.3, 0.4) is 0 Å². The fraction of sp³-hybridized carbons (Fsp3) is 0.211. The normalized spacial score (nSPS) is 11.3. The van der Waals surface area contributed by atoms with Crippen LogP contribution in [0.5, 0.6) is 0 Å². The van der Waals surface area contributed by atoms with Gasteiger partial charge in [0.05, 0.1) is 6.26 Å². The highest BCUT2D eigenvalue weighted by molar-refractivity contribution is 5.90. The lowest BCUT2D eigenvalue weighted by Crippen LogP contribution is -1.95. The first kappa shape index (κ1) is 31.8. The van der Waals surface area contributed by atoms with Gasteiger partial charge in [-0.05, 0) is 83.1 Å². The van der Waals surface area contributed by atoms with E-state index in [0.29, 0.717) is 6.47 Å². The molecule has 0 aliphatic carbocycles. The molecule has 216 valence electrons. The maximum Gasteiger partial charge on any atom is 0.328 e. The molecular formula is C38H40O4. The van der Waals surface area contributed by atoms with Gasteiger partial charge in [-0.1, -0.05) is 123 Å². The van der Waals surface area contributed by atoms with E-state index < -0.39 is 5.97 Å². The Kier molecular flexibility index (Phi) is 13.5. The highest BCUT2D eigenvalue weighted by Gasteiger charge is 2.06. The molecule has 0 aromatic heterocycles. The van der Waals surface area contributed by atoms with Crippen LogP contribution in [0.4, 0.5) is 0 Å². The van der Waals surface area contributed by atoms with Crippen LogP contribution in [0.2, 0.25) is 0 Å².